The van der Waals surface area contributed by atoms with Crippen molar-refractivity contribution in [2.75, 3.05) is 0 Å². The van der Waals surface area contributed by atoms with E-state index in [1.165, 1.54) is 0 Å². The second kappa shape index (κ2) is 4.29. The van der Waals surface area contributed by atoms with Crippen molar-refractivity contribution < 1.29 is 0 Å². The Labute approximate surface area is 74.4 Å². The maximum absolute atomic E-state index is 4.05. The van der Waals surface area contributed by atoms with Crippen molar-refractivity contribution in [3.05, 3.63) is 11.9 Å². The predicted octanol–water partition coefficient (Wildman–Crippen LogP) is 1.70. The highest BCUT2D eigenvalue weighted by Crippen LogP contribution is 2.08. The second-order valence-electron chi connectivity index (χ2n) is 3.25. The number of hydrogen-bond acceptors (Lipinski definition) is 2. The van der Waals surface area contributed by atoms with Crippen molar-refractivity contribution >= 4 is 7.41 Å². The summed E-state index contributed by atoms with van der Waals surface area (Å²) >= 11 is 0. The molecule has 0 unspecified atom stereocenters. The van der Waals surface area contributed by atoms with Crippen molar-refractivity contribution in [2.24, 2.45) is 0 Å². The van der Waals surface area contributed by atoms with E-state index in [-0.39, 0.29) is 0 Å². The minimum absolute atomic E-state index is 0.466. The van der Waals surface area contributed by atoms with Gasteiger partial charge in [-0.1, -0.05) is 38.7 Å². The first kappa shape index (κ1) is 9.29. The molecular formula is C8H15BN3. The molecule has 0 fully saturated rings. The van der Waals surface area contributed by atoms with Crippen LogP contribution in [-0.2, 0) is 0 Å². The van der Waals surface area contributed by atoms with Gasteiger partial charge >= 0.3 is 0 Å². The van der Waals surface area contributed by atoms with Crippen LogP contribution < -0.4 is 0 Å². The zero-order valence-electron chi connectivity index (χ0n) is 7.99. The molecule has 1 heterocycles. The van der Waals surface area contributed by atoms with Crippen LogP contribution >= 0.6 is 0 Å². The van der Waals surface area contributed by atoms with Crippen LogP contribution in [0.2, 0.25) is 6.32 Å². The molecular weight excluding hydrogens is 149 g/mol. The molecule has 0 aliphatic carbocycles. The fourth-order valence-electron chi connectivity index (χ4n) is 0.906. The summed E-state index contributed by atoms with van der Waals surface area (Å²) in [6.45, 7) is 6.39. The monoisotopic (exact) mass is 164 g/mol. The van der Waals surface area contributed by atoms with Gasteiger partial charge in [0.15, 0.2) is 0 Å². The van der Waals surface area contributed by atoms with Crippen LogP contribution in [0.5, 0.6) is 0 Å². The summed E-state index contributed by atoms with van der Waals surface area (Å²) < 4.78 is 1.80. The minimum Gasteiger partial charge on any atom is -0.304 e. The van der Waals surface area contributed by atoms with Crippen molar-refractivity contribution in [3.8, 4) is 0 Å². The van der Waals surface area contributed by atoms with Gasteiger partial charge in [-0.05, 0) is 5.92 Å². The summed E-state index contributed by atoms with van der Waals surface area (Å²) in [7, 11) is 2.05. The van der Waals surface area contributed by atoms with Crippen molar-refractivity contribution in [1.29, 1.82) is 0 Å². The second-order valence-corrected chi connectivity index (χ2v) is 3.25. The molecule has 4 heteroatoms. The van der Waals surface area contributed by atoms with E-state index in [1.807, 2.05) is 6.20 Å². The van der Waals surface area contributed by atoms with E-state index in [9.17, 15) is 0 Å². The lowest BCUT2D eigenvalue weighted by Gasteiger charge is -1.95. The summed E-state index contributed by atoms with van der Waals surface area (Å²) in [6.07, 6.45) is 4.19. The van der Waals surface area contributed by atoms with Crippen molar-refractivity contribution in [1.82, 2.24) is 14.9 Å². The molecule has 0 spiro atoms. The Bertz CT molecular complexity index is 232. The van der Waals surface area contributed by atoms with Gasteiger partial charge in [-0.3, -0.25) is 0 Å². The zero-order valence-corrected chi connectivity index (χ0v) is 7.99. The molecule has 1 aromatic rings. The fraction of sp³-hybridized carbons (Fsp3) is 0.750. The van der Waals surface area contributed by atoms with Crippen LogP contribution in [0.25, 0.3) is 0 Å². The molecule has 0 atom stereocenters. The number of nitrogens with zero attached hydrogens (tertiary/aromatic N) is 3. The third-order valence-electron chi connectivity index (χ3n) is 1.72. The van der Waals surface area contributed by atoms with Crippen LogP contribution in [0.1, 0.15) is 38.8 Å². The Kier molecular flexibility index (Phi) is 3.32. The van der Waals surface area contributed by atoms with Gasteiger partial charge in [0.1, 0.15) is 0 Å². The molecule has 1 radical (unpaired) electrons. The maximum Gasteiger partial charge on any atom is 0.281 e. The average molecular weight is 164 g/mol. The molecule has 0 aliphatic heterocycles. The largest absolute Gasteiger partial charge is 0.304 e. The van der Waals surface area contributed by atoms with E-state index in [0.717, 1.165) is 18.4 Å². The Morgan fingerprint density at radius 3 is 2.83 bits per heavy atom. The first-order chi connectivity index (χ1) is 5.74. The van der Waals surface area contributed by atoms with Crippen LogP contribution in [0.4, 0.5) is 0 Å². The highest BCUT2D eigenvalue weighted by Gasteiger charge is 2.04. The highest BCUT2D eigenvalue weighted by molar-refractivity contribution is 6.32. The van der Waals surface area contributed by atoms with Gasteiger partial charge in [0.2, 0.25) is 0 Å². The molecule has 0 N–H and O–H groups in total. The predicted molar refractivity (Wildman–Crippen MR) is 50.4 cm³/mol. The van der Waals surface area contributed by atoms with E-state index in [0.29, 0.717) is 5.92 Å². The molecule has 0 bridgehead atoms. The van der Waals surface area contributed by atoms with E-state index in [2.05, 4.69) is 38.5 Å². The molecule has 0 saturated heterocycles. The Morgan fingerprint density at radius 2 is 2.33 bits per heavy atom. The Morgan fingerprint density at radius 1 is 1.58 bits per heavy atom. The lowest BCUT2D eigenvalue weighted by Crippen LogP contribution is -2.05. The number of aromatic nitrogens is 3. The van der Waals surface area contributed by atoms with E-state index in [4.69, 9.17) is 0 Å². The first-order valence-electron chi connectivity index (χ1n) is 4.49. The molecule has 1 rings (SSSR count). The van der Waals surface area contributed by atoms with E-state index in [1.54, 1.807) is 4.59 Å². The van der Waals surface area contributed by atoms with Gasteiger partial charge in [-0.25, -0.2) is 0 Å². The lowest BCUT2D eigenvalue weighted by molar-refractivity contribution is 0.794. The standard InChI is InChI=1S/C8H15BN3/c1-4-5-9-12-6-8(7(2)3)10-11-12/h6-7H,4-5H2,1-3H3. The summed E-state index contributed by atoms with van der Waals surface area (Å²) in [6, 6.07) is 0. The Hall–Kier alpha value is -0.795. The molecule has 12 heavy (non-hydrogen) atoms. The summed E-state index contributed by atoms with van der Waals surface area (Å²) in [5.41, 5.74) is 1.06. The third-order valence-corrected chi connectivity index (χ3v) is 1.72. The minimum atomic E-state index is 0.466. The maximum atomic E-state index is 4.05. The normalized spacial score (nSPS) is 10.7. The molecule has 0 aliphatic rings. The molecule has 1 aromatic heterocycles. The van der Waals surface area contributed by atoms with E-state index >= 15 is 0 Å². The van der Waals surface area contributed by atoms with Crippen molar-refractivity contribution in [2.45, 2.75) is 39.4 Å². The summed E-state index contributed by atoms with van der Waals surface area (Å²) in [5.74, 6) is 0.466. The Balaban J connectivity index is 2.52. The first-order valence-corrected chi connectivity index (χ1v) is 4.49. The lowest BCUT2D eigenvalue weighted by atomic mass is 9.88. The highest BCUT2D eigenvalue weighted by atomic mass is 15.4. The SMILES string of the molecule is CCC[B]n1cc(C(C)C)nn1. The van der Waals surface area contributed by atoms with Crippen LogP contribution in [-0.4, -0.2) is 22.3 Å². The van der Waals surface area contributed by atoms with Gasteiger partial charge in [0, 0.05) is 6.20 Å². The van der Waals surface area contributed by atoms with Crippen molar-refractivity contribution in [3.63, 3.8) is 0 Å². The fourth-order valence-corrected chi connectivity index (χ4v) is 0.906. The number of rotatable bonds is 4. The van der Waals surface area contributed by atoms with Gasteiger partial charge in [-0.2, -0.15) is 0 Å². The van der Waals surface area contributed by atoms with Gasteiger partial charge in [0.25, 0.3) is 7.41 Å². The van der Waals surface area contributed by atoms with Crippen LogP contribution in [0, 0.1) is 0 Å². The third kappa shape index (κ3) is 2.36. The molecule has 65 valence electrons. The average Bonchev–Trinajstić information content (AvgIpc) is 2.48. The molecule has 0 amide bonds. The van der Waals surface area contributed by atoms with E-state index < -0.39 is 0 Å². The topological polar surface area (TPSA) is 30.7 Å². The molecule has 0 aromatic carbocycles. The quantitative estimate of drug-likeness (QED) is 0.634. The van der Waals surface area contributed by atoms with Gasteiger partial charge in [-0.15, -0.1) is 5.10 Å². The van der Waals surface area contributed by atoms with Crippen LogP contribution in [0.3, 0.4) is 0 Å². The van der Waals surface area contributed by atoms with Gasteiger partial charge < -0.3 is 4.59 Å². The van der Waals surface area contributed by atoms with Gasteiger partial charge in [0.05, 0.1) is 5.69 Å². The summed E-state index contributed by atoms with van der Waals surface area (Å²) in [5, 5.41) is 8.04. The molecule has 0 saturated carbocycles. The zero-order chi connectivity index (χ0) is 8.97. The summed E-state index contributed by atoms with van der Waals surface area (Å²) in [4.78, 5) is 0. The smallest absolute Gasteiger partial charge is 0.281 e. The number of hydrogen-bond donors (Lipinski definition) is 0. The molecule has 3 nitrogen and oxygen atoms in total. The van der Waals surface area contributed by atoms with Crippen LogP contribution in [0.15, 0.2) is 6.20 Å².